The molecule has 1 aliphatic heterocycles. The molecule has 0 radical (unpaired) electrons. The van der Waals surface area contributed by atoms with Crippen molar-refractivity contribution in [2.45, 2.75) is 26.1 Å². The third kappa shape index (κ3) is 4.66. The maximum atomic E-state index is 11.8. The molecule has 1 fully saturated rings. The van der Waals surface area contributed by atoms with Gasteiger partial charge in [-0.25, -0.2) is 9.78 Å². The van der Waals surface area contributed by atoms with Crippen LogP contribution in [0.2, 0.25) is 0 Å². The Hall–Kier alpha value is -2.84. The van der Waals surface area contributed by atoms with Crippen molar-refractivity contribution >= 4 is 28.6 Å². The van der Waals surface area contributed by atoms with E-state index in [0.29, 0.717) is 41.9 Å². The smallest absolute Gasteiger partial charge is 0.330 e. The van der Waals surface area contributed by atoms with E-state index in [1.165, 1.54) is 18.3 Å². The zero-order valence-electron chi connectivity index (χ0n) is 14.9. The minimum absolute atomic E-state index is 0.109. The first kappa shape index (κ1) is 18.9. The molecule has 8 heteroatoms. The number of hydrogen-bond acceptors (Lipinski definition) is 7. The Morgan fingerprint density at radius 1 is 1.37 bits per heavy atom. The average Bonchev–Trinajstić information content (AvgIpc) is 3.20. The number of fused-ring (bicyclic) bond motifs is 1. The number of unbranched alkanes of at least 4 members (excludes halogenated alkanes) is 1. The lowest BCUT2D eigenvalue weighted by Gasteiger charge is -2.13. The van der Waals surface area contributed by atoms with E-state index in [1.807, 2.05) is 6.92 Å². The number of pyridine rings is 1. The zero-order chi connectivity index (χ0) is 19.2. The summed E-state index contributed by atoms with van der Waals surface area (Å²) in [4.78, 5) is 26.5. The van der Waals surface area contributed by atoms with Gasteiger partial charge in [0.25, 0.3) is 5.69 Å². The number of carbonyl (C=O) groups excluding carboxylic acids is 1. The summed E-state index contributed by atoms with van der Waals surface area (Å²) in [6.45, 7) is 3.31. The molecule has 142 valence electrons. The summed E-state index contributed by atoms with van der Waals surface area (Å²) in [6, 6.07) is 4.97. The van der Waals surface area contributed by atoms with Gasteiger partial charge in [0.2, 0.25) is 0 Å². The van der Waals surface area contributed by atoms with Gasteiger partial charge in [0.05, 0.1) is 30.3 Å². The first-order chi connectivity index (χ1) is 13.1. The van der Waals surface area contributed by atoms with E-state index in [-0.39, 0.29) is 5.69 Å². The number of rotatable bonds is 7. The highest BCUT2D eigenvalue weighted by Crippen LogP contribution is 2.32. The van der Waals surface area contributed by atoms with Crippen LogP contribution in [0.5, 0.6) is 0 Å². The van der Waals surface area contributed by atoms with E-state index in [1.54, 1.807) is 18.2 Å². The topological polar surface area (TPSA) is 101 Å². The van der Waals surface area contributed by atoms with Crippen LogP contribution in [0.3, 0.4) is 0 Å². The van der Waals surface area contributed by atoms with Gasteiger partial charge in [-0.2, -0.15) is 0 Å². The molecular formula is C19H20N2O6. The molecule has 27 heavy (non-hydrogen) atoms. The Labute approximate surface area is 155 Å². The van der Waals surface area contributed by atoms with Gasteiger partial charge in [0.1, 0.15) is 6.20 Å². The van der Waals surface area contributed by atoms with Crippen molar-refractivity contribution in [2.75, 3.05) is 19.8 Å². The number of hydrogen-bond donors (Lipinski definition) is 0. The fourth-order valence-corrected chi connectivity index (χ4v) is 2.73. The number of nitro groups is 1. The number of nitrogens with zero attached hydrogens (tertiary/aromatic N) is 2. The van der Waals surface area contributed by atoms with Gasteiger partial charge in [0, 0.05) is 23.1 Å². The molecule has 1 saturated heterocycles. The molecule has 0 spiro atoms. The summed E-state index contributed by atoms with van der Waals surface area (Å²) in [6.07, 6.45) is 5.31. The highest BCUT2D eigenvalue weighted by Gasteiger charge is 2.23. The predicted molar refractivity (Wildman–Crippen MR) is 97.9 cm³/mol. The Kier molecular flexibility index (Phi) is 6.10. The lowest BCUT2D eigenvalue weighted by Crippen LogP contribution is -2.03. The molecule has 3 rings (SSSR count). The second-order valence-corrected chi connectivity index (χ2v) is 6.06. The van der Waals surface area contributed by atoms with Crippen molar-refractivity contribution in [3.05, 3.63) is 51.7 Å². The van der Waals surface area contributed by atoms with Crippen LogP contribution in [-0.2, 0) is 19.0 Å². The van der Waals surface area contributed by atoms with Gasteiger partial charge in [-0.15, -0.1) is 0 Å². The molecule has 0 bridgehead atoms. The second kappa shape index (κ2) is 8.70. The molecule has 0 unspecified atom stereocenters. The molecule has 1 aromatic carbocycles. The molecule has 0 N–H and O–H groups in total. The Morgan fingerprint density at radius 3 is 2.85 bits per heavy atom. The monoisotopic (exact) mass is 372 g/mol. The summed E-state index contributed by atoms with van der Waals surface area (Å²) in [5.41, 5.74) is 1.79. The fraction of sp³-hybridized carbons (Fsp3) is 0.368. The summed E-state index contributed by atoms with van der Waals surface area (Å²) in [5.74, 6) is -0.435. The Balaban J connectivity index is 1.94. The lowest BCUT2D eigenvalue weighted by molar-refractivity contribution is -0.385. The van der Waals surface area contributed by atoms with Crippen LogP contribution in [-0.4, -0.2) is 35.7 Å². The van der Waals surface area contributed by atoms with Gasteiger partial charge >= 0.3 is 5.97 Å². The van der Waals surface area contributed by atoms with Crippen molar-refractivity contribution in [1.29, 1.82) is 0 Å². The second-order valence-electron chi connectivity index (χ2n) is 6.06. The van der Waals surface area contributed by atoms with Crippen LogP contribution < -0.4 is 0 Å². The SMILES string of the molecule is CCCCOC(=O)C=Cc1cc(C2OCCO2)c2ncc([N+](=O)[O-])cc2c1. The molecule has 0 saturated carbocycles. The molecule has 0 atom stereocenters. The zero-order valence-corrected chi connectivity index (χ0v) is 14.9. The van der Waals surface area contributed by atoms with Crippen LogP contribution >= 0.6 is 0 Å². The van der Waals surface area contributed by atoms with Crippen molar-refractivity contribution in [3.63, 3.8) is 0 Å². The molecule has 8 nitrogen and oxygen atoms in total. The van der Waals surface area contributed by atoms with Gasteiger partial charge < -0.3 is 14.2 Å². The Morgan fingerprint density at radius 2 is 2.15 bits per heavy atom. The van der Waals surface area contributed by atoms with E-state index in [9.17, 15) is 14.9 Å². The minimum Gasteiger partial charge on any atom is -0.463 e. The number of benzene rings is 1. The van der Waals surface area contributed by atoms with E-state index < -0.39 is 17.2 Å². The van der Waals surface area contributed by atoms with E-state index in [0.717, 1.165) is 12.8 Å². The predicted octanol–water partition coefficient (Wildman–Crippen LogP) is 3.54. The molecule has 0 amide bonds. The van der Waals surface area contributed by atoms with Gasteiger partial charge in [0.15, 0.2) is 6.29 Å². The standard InChI is InChI=1S/C19H20N2O6/c1-2-3-6-25-17(22)5-4-13-9-14-11-15(21(23)24)12-20-18(14)16(10-13)19-26-7-8-27-19/h4-5,9-12,19H,2-3,6-8H2,1H3. The van der Waals surface area contributed by atoms with E-state index in [2.05, 4.69) is 4.98 Å². The van der Waals surface area contributed by atoms with Crippen molar-refractivity contribution < 1.29 is 23.9 Å². The first-order valence-electron chi connectivity index (χ1n) is 8.74. The average molecular weight is 372 g/mol. The molecule has 2 aromatic rings. The van der Waals surface area contributed by atoms with Gasteiger partial charge in [-0.1, -0.05) is 13.3 Å². The van der Waals surface area contributed by atoms with Gasteiger partial charge in [-0.3, -0.25) is 10.1 Å². The summed E-state index contributed by atoms with van der Waals surface area (Å²) in [5, 5.41) is 11.6. The quantitative estimate of drug-likeness (QED) is 0.241. The van der Waals surface area contributed by atoms with Crippen LogP contribution in [0.25, 0.3) is 17.0 Å². The molecule has 2 heterocycles. The van der Waals surface area contributed by atoms with Crippen LogP contribution in [0, 0.1) is 10.1 Å². The van der Waals surface area contributed by atoms with Crippen molar-refractivity contribution in [3.8, 4) is 0 Å². The number of ether oxygens (including phenoxy) is 3. The normalized spacial score (nSPS) is 14.9. The van der Waals surface area contributed by atoms with Crippen LogP contribution in [0.1, 0.15) is 37.2 Å². The summed E-state index contributed by atoms with van der Waals surface area (Å²) in [7, 11) is 0. The highest BCUT2D eigenvalue weighted by molar-refractivity contribution is 5.90. The summed E-state index contributed by atoms with van der Waals surface area (Å²) >= 11 is 0. The maximum absolute atomic E-state index is 11.8. The lowest BCUT2D eigenvalue weighted by atomic mass is 10.0. The van der Waals surface area contributed by atoms with Crippen molar-refractivity contribution in [1.82, 2.24) is 4.98 Å². The number of aromatic nitrogens is 1. The molecule has 1 aromatic heterocycles. The minimum atomic E-state index is -0.591. The third-order valence-electron chi connectivity index (χ3n) is 4.06. The van der Waals surface area contributed by atoms with Crippen LogP contribution in [0.15, 0.2) is 30.5 Å². The number of carbonyl (C=O) groups is 1. The number of esters is 1. The van der Waals surface area contributed by atoms with Crippen molar-refractivity contribution in [2.24, 2.45) is 0 Å². The fourth-order valence-electron chi connectivity index (χ4n) is 2.73. The third-order valence-corrected chi connectivity index (χ3v) is 4.06. The maximum Gasteiger partial charge on any atom is 0.330 e. The summed E-state index contributed by atoms with van der Waals surface area (Å²) < 4.78 is 16.2. The highest BCUT2D eigenvalue weighted by atomic mass is 16.7. The van der Waals surface area contributed by atoms with Gasteiger partial charge in [-0.05, 0) is 30.2 Å². The Bertz CT molecular complexity index is 874. The van der Waals surface area contributed by atoms with Crippen LogP contribution in [0.4, 0.5) is 5.69 Å². The van der Waals surface area contributed by atoms with E-state index in [4.69, 9.17) is 14.2 Å². The molecule has 1 aliphatic rings. The molecule has 0 aliphatic carbocycles. The largest absolute Gasteiger partial charge is 0.463 e. The molecular weight excluding hydrogens is 352 g/mol. The van der Waals surface area contributed by atoms with E-state index >= 15 is 0 Å². The first-order valence-corrected chi connectivity index (χ1v) is 8.74.